The number of thiophene rings is 1. The molecule has 2 heteroatoms. The Morgan fingerprint density at radius 1 is 0.636 bits per heavy atom. The number of halogens is 1. The Balaban J connectivity index is 2.04. The van der Waals surface area contributed by atoms with Gasteiger partial charge >= 0.3 is 0 Å². The molecule has 0 radical (unpaired) electrons. The lowest BCUT2D eigenvalue weighted by Gasteiger charge is -2.01. The van der Waals surface area contributed by atoms with Gasteiger partial charge in [0, 0.05) is 20.9 Å². The van der Waals surface area contributed by atoms with Crippen LogP contribution < -0.4 is 0 Å². The first kappa shape index (κ1) is 12.1. The lowest BCUT2D eigenvalue weighted by Crippen LogP contribution is -1.80. The standard InChI is InChI=1S/C20H11FS/c21-19-15-8-4-3-7-14(15)10-17-16-9-12-5-1-2-6-13(12)11-18(16)22-20(17)19/h1-11H. The van der Waals surface area contributed by atoms with Crippen LogP contribution >= 0.6 is 11.3 Å². The average Bonchev–Trinajstić information content (AvgIpc) is 2.91. The summed E-state index contributed by atoms with van der Waals surface area (Å²) < 4.78 is 16.8. The molecule has 1 heterocycles. The van der Waals surface area contributed by atoms with E-state index >= 15 is 0 Å². The predicted molar refractivity (Wildman–Crippen MR) is 94.3 cm³/mol. The molecular weight excluding hydrogens is 291 g/mol. The molecule has 1 aromatic heterocycles. The van der Waals surface area contributed by atoms with Gasteiger partial charge in [0.1, 0.15) is 5.82 Å². The molecule has 0 aliphatic heterocycles. The molecule has 0 nitrogen and oxygen atoms in total. The van der Waals surface area contributed by atoms with E-state index in [1.807, 2.05) is 36.4 Å². The van der Waals surface area contributed by atoms with Gasteiger partial charge in [-0.15, -0.1) is 11.3 Å². The Labute approximate surface area is 130 Å². The fraction of sp³-hybridized carbons (Fsp3) is 0. The van der Waals surface area contributed by atoms with Crippen molar-refractivity contribution in [1.82, 2.24) is 0 Å². The predicted octanol–water partition coefficient (Wildman–Crippen LogP) is 6.50. The normalized spacial score (nSPS) is 11.9. The second kappa shape index (κ2) is 4.28. The molecule has 0 bridgehead atoms. The summed E-state index contributed by atoms with van der Waals surface area (Å²) in [7, 11) is 0. The lowest BCUT2D eigenvalue weighted by molar-refractivity contribution is 0.653. The van der Waals surface area contributed by atoms with Crippen LogP contribution in [0.4, 0.5) is 4.39 Å². The highest BCUT2D eigenvalue weighted by molar-refractivity contribution is 7.26. The largest absolute Gasteiger partial charge is 0.205 e. The monoisotopic (exact) mass is 302 g/mol. The third kappa shape index (κ3) is 1.56. The molecule has 0 N–H and O–H groups in total. The van der Waals surface area contributed by atoms with Gasteiger partial charge in [0.2, 0.25) is 0 Å². The Morgan fingerprint density at radius 3 is 2.09 bits per heavy atom. The van der Waals surface area contributed by atoms with Gasteiger partial charge in [-0.1, -0.05) is 48.5 Å². The summed E-state index contributed by atoms with van der Waals surface area (Å²) in [6, 6.07) is 22.4. The number of benzene rings is 4. The third-order valence-corrected chi connectivity index (χ3v) is 5.45. The molecule has 0 saturated heterocycles. The van der Waals surface area contributed by atoms with Gasteiger partial charge in [0.05, 0.1) is 4.70 Å². The van der Waals surface area contributed by atoms with Crippen LogP contribution in [0.15, 0.2) is 66.7 Å². The van der Waals surface area contributed by atoms with Crippen molar-refractivity contribution in [3.63, 3.8) is 0 Å². The van der Waals surface area contributed by atoms with Gasteiger partial charge in [0.25, 0.3) is 0 Å². The molecule has 4 aromatic carbocycles. The molecule has 0 saturated carbocycles. The molecule has 22 heavy (non-hydrogen) atoms. The second-order valence-electron chi connectivity index (χ2n) is 5.59. The Kier molecular flexibility index (Phi) is 2.36. The Hall–Kier alpha value is -2.45. The van der Waals surface area contributed by atoms with E-state index < -0.39 is 0 Å². The summed E-state index contributed by atoms with van der Waals surface area (Å²) in [4.78, 5) is 0. The summed E-state index contributed by atoms with van der Waals surface area (Å²) in [6.45, 7) is 0. The maximum atomic E-state index is 14.9. The minimum absolute atomic E-state index is 0.0987. The van der Waals surface area contributed by atoms with Crippen LogP contribution in [0.1, 0.15) is 0 Å². The SMILES string of the molecule is Fc1c2ccccc2cc2c1sc1cc3ccccc3cc12. The molecule has 5 aromatic rings. The van der Waals surface area contributed by atoms with Crippen molar-refractivity contribution in [3.8, 4) is 0 Å². The van der Waals surface area contributed by atoms with Gasteiger partial charge in [0.15, 0.2) is 0 Å². The molecule has 0 amide bonds. The van der Waals surface area contributed by atoms with Crippen molar-refractivity contribution in [2.45, 2.75) is 0 Å². The van der Waals surface area contributed by atoms with Gasteiger partial charge in [-0.25, -0.2) is 4.39 Å². The number of hydrogen-bond acceptors (Lipinski definition) is 1. The fourth-order valence-corrected chi connectivity index (χ4v) is 4.37. The highest BCUT2D eigenvalue weighted by Crippen LogP contribution is 2.40. The molecule has 0 aliphatic rings. The zero-order valence-electron chi connectivity index (χ0n) is 11.6. The lowest BCUT2D eigenvalue weighted by atomic mass is 10.0. The van der Waals surface area contributed by atoms with Crippen LogP contribution in [0.25, 0.3) is 41.7 Å². The summed E-state index contributed by atoms with van der Waals surface area (Å²) in [5, 5.41) is 6.21. The van der Waals surface area contributed by atoms with Crippen molar-refractivity contribution in [2.75, 3.05) is 0 Å². The first-order valence-electron chi connectivity index (χ1n) is 7.23. The number of rotatable bonds is 0. The molecular formula is C20H11FS. The highest BCUT2D eigenvalue weighted by atomic mass is 32.1. The molecule has 0 unspecified atom stereocenters. The number of fused-ring (bicyclic) bond motifs is 5. The average molecular weight is 302 g/mol. The number of hydrogen-bond donors (Lipinski definition) is 0. The quantitative estimate of drug-likeness (QED) is 0.306. The van der Waals surface area contributed by atoms with Gasteiger partial charge in [-0.3, -0.25) is 0 Å². The summed E-state index contributed by atoms with van der Waals surface area (Å²) in [6.07, 6.45) is 0. The zero-order valence-corrected chi connectivity index (χ0v) is 12.5. The van der Waals surface area contributed by atoms with Crippen molar-refractivity contribution < 1.29 is 4.39 Å². The van der Waals surface area contributed by atoms with Crippen molar-refractivity contribution in [3.05, 3.63) is 72.5 Å². The van der Waals surface area contributed by atoms with Crippen LogP contribution in [-0.2, 0) is 0 Å². The van der Waals surface area contributed by atoms with Crippen molar-refractivity contribution in [2.24, 2.45) is 0 Å². The minimum atomic E-state index is -0.0987. The minimum Gasteiger partial charge on any atom is -0.205 e. The first-order chi connectivity index (χ1) is 10.8. The van der Waals surface area contributed by atoms with Gasteiger partial charge in [-0.2, -0.15) is 0 Å². The summed E-state index contributed by atoms with van der Waals surface area (Å²) in [5.74, 6) is -0.0987. The first-order valence-corrected chi connectivity index (χ1v) is 8.05. The third-order valence-electron chi connectivity index (χ3n) is 4.29. The fourth-order valence-electron chi connectivity index (χ4n) is 3.21. The van der Waals surface area contributed by atoms with E-state index in [4.69, 9.17) is 0 Å². The molecule has 0 spiro atoms. The highest BCUT2D eigenvalue weighted by Gasteiger charge is 2.13. The maximum Gasteiger partial charge on any atom is 0.148 e. The van der Waals surface area contributed by atoms with E-state index in [2.05, 4.69) is 30.3 Å². The van der Waals surface area contributed by atoms with E-state index in [-0.39, 0.29) is 5.82 Å². The van der Waals surface area contributed by atoms with Crippen LogP contribution in [0, 0.1) is 5.82 Å². The van der Waals surface area contributed by atoms with Crippen molar-refractivity contribution in [1.29, 1.82) is 0 Å². The van der Waals surface area contributed by atoms with Crippen LogP contribution in [0.5, 0.6) is 0 Å². The smallest absolute Gasteiger partial charge is 0.148 e. The molecule has 0 aliphatic carbocycles. The summed E-state index contributed by atoms with van der Waals surface area (Å²) >= 11 is 1.54. The maximum absolute atomic E-state index is 14.9. The zero-order chi connectivity index (χ0) is 14.7. The summed E-state index contributed by atoms with van der Waals surface area (Å²) in [5.41, 5.74) is 0. The van der Waals surface area contributed by atoms with Gasteiger partial charge in [-0.05, 0) is 34.4 Å². The Bertz CT molecular complexity index is 1180. The van der Waals surface area contributed by atoms with E-state index in [0.717, 1.165) is 25.6 Å². The van der Waals surface area contributed by atoms with Crippen molar-refractivity contribution >= 4 is 53.1 Å². The molecule has 5 rings (SSSR count). The molecule has 104 valence electrons. The Morgan fingerprint density at radius 2 is 1.27 bits per heavy atom. The van der Waals surface area contributed by atoms with Crippen LogP contribution in [0.3, 0.4) is 0 Å². The molecule has 0 atom stereocenters. The second-order valence-corrected chi connectivity index (χ2v) is 6.64. The topological polar surface area (TPSA) is 0 Å². The van der Waals surface area contributed by atoms with E-state index in [1.54, 1.807) is 11.3 Å². The van der Waals surface area contributed by atoms with E-state index in [0.29, 0.717) is 5.39 Å². The van der Waals surface area contributed by atoms with Gasteiger partial charge < -0.3 is 0 Å². The molecule has 0 fully saturated rings. The van der Waals surface area contributed by atoms with Crippen LogP contribution in [-0.4, -0.2) is 0 Å². The van der Waals surface area contributed by atoms with E-state index in [9.17, 15) is 4.39 Å². The van der Waals surface area contributed by atoms with E-state index in [1.165, 1.54) is 10.8 Å². The van der Waals surface area contributed by atoms with Crippen LogP contribution in [0.2, 0.25) is 0 Å².